The summed E-state index contributed by atoms with van der Waals surface area (Å²) >= 11 is 2.59. The fraction of sp³-hybridized carbons (Fsp3) is 0.571. The lowest BCUT2D eigenvalue weighted by molar-refractivity contribution is -0.150. The highest BCUT2D eigenvalue weighted by Gasteiger charge is 2.54. The molecule has 0 unspecified atom stereocenters. The van der Waals surface area contributed by atoms with Crippen LogP contribution in [0.2, 0.25) is 0 Å². The number of aromatic nitrogens is 4. The van der Waals surface area contributed by atoms with Gasteiger partial charge in [0, 0.05) is 11.5 Å². The third kappa shape index (κ3) is 4.87. The molecule has 3 N–H and O–H groups in total. The minimum atomic E-state index is -2.70. The van der Waals surface area contributed by atoms with Gasteiger partial charge in [-0.25, -0.2) is 9.48 Å². The van der Waals surface area contributed by atoms with Crippen LogP contribution in [0.4, 0.5) is 8.78 Å². The van der Waals surface area contributed by atoms with Crippen molar-refractivity contribution in [1.82, 2.24) is 30.4 Å². The van der Waals surface area contributed by atoms with Crippen molar-refractivity contribution in [3.8, 4) is 0 Å². The van der Waals surface area contributed by atoms with Crippen LogP contribution >= 0.6 is 35.3 Å². The van der Waals surface area contributed by atoms with E-state index in [0.29, 0.717) is 16.5 Å². The van der Waals surface area contributed by atoms with E-state index in [0.717, 1.165) is 4.90 Å². The second kappa shape index (κ2) is 9.93. The van der Waals surface area contributed by atoms with Crippen LogP contribution in [0.25, 0.3) is 0 Å². The van der Waals surface area contributed by atoms with Crippen molar-refractivity contribution < 1.29 is 33.4 Å². The van der Waals surface area contributed by atoms with Gasteiger partial charge < -0.3 is 15.5 Å². The molecule has 0 spiro atoms. The van der Waals surface area contributed by atoms with Gasteiger partial charge in [0.05, 0.1) is 18.9 Å². The van der Waals surface area contributed by atoms with Gasteiger partial charge in [0.15, 0.2) is 0 Å². The van der Waals surface area contributed by atoms with E-state index in [1.165, 1.54) is 28.2 Å². The van der Waals surface area contributed by atoms with Crippen molar-refractivity contribution in [2.45, 2.75) is 28.9 Å². The molecule has 2 amide bonds. The average molecular weight is 483 g/mol. The van der Waals surface area contributed by atoms with Crippen LogP contribution in [0.5, 0.6) is 0 Å². The van der Waals surface area contributed by atoms with Gasteiger partial charge in [-0.15, -0.1) is 16.9 Å². The van der Waals surface area contributed by atoms with Gasteiger partial charge >= 0.3 is 5.97 Å². The van der Waals surface area contributed by atoms with Gasteiger partial charge in [-0.05, 0) is 16.0 Å². The predicted molar refractivity (Wildman–Crippen MR) is 104 cm³/mol. The molecule has 1 aromatic heterocycles. The average Bonchev–Trinajstić information content (AvgIpc) is 3.15. The summed E-state index contributed by atoms with van der Waals surface area (Å²) in [4.78, 5) is 37.2. The largest absolute Gasteiger partial charge is 0.477 e. The van der Waals surface area contributed by atoms with Crippen LogP contribution < -0.4 is 5.32 Å². The third-order valence-electron chi connectivity index (χ3n) is 4.09. The van der Waals surface area contributed by atoms with Gasteiger partial charge in [0.1, 0.15) is 17.1 Å². The third-order valence-corrected chi connectivity index (χ3v) is 7.16. The number of rotatable bonds is 10. The number of thioether (sulfide) groups is 3. The first-order valence-electron chi connectivity index (χ1n) is 8.42. The number of carbonyl (C=O) groups excluding carboxylic acids is 2. The molecule has 0 saturated carbocycles. The number of alkyl halides is 2. The van der Waals surface area contributed by atoms with Gasteiger partial charge in [-0.3, -0.25) is 14.5 Å². The lowest BCUT2D eigenvalue weighted by atomic mass is 10.0. The number of carboxylic acid groups (broad SMARTS) is 1. The van der Waals surface area contributed by atoms with E-state index < -0.39 is 40.7 Å². The summed E-state index contributed by atoms with van der Waals surface area (Å²) in [5.74, 6) is -5.29. The molecular weight excluding hydrogens is 466 g/mol. The summed E-state index contributed by atoms with van der Waals surface area (Å²) in [6.45, 7) is 0.0250. The Morgan fingerprint density at radius 3 is 2.83 bits per heavy atom. The van der Waals surface area contributed by atoms with Gasteiger partial charge in [0.2, 0.25) is 11.1 Å². The van der Waals surface area contributed by atoms with Crippen LogP contribution in [0.15, 0.2) is 16.4 Å². The lowest BCUT2D eigenvalue weighted by Crippen LogP contribution is -2.70. The highest BCUT2D eigenvalue weighted by Crippen LogP contribution is 2.41. The molecule has 2 aliphatic heterocycles. The summed E-state index contributed by atoms with van der Waals surface area (Å²) in [7, 11) is 0. The van der Waals surface area contributed by atoms with E-state index in [2.05, 4.69) is 20.8 Å². The number of tetrazole rings is 1. The Kier molecular flexibility index (Phi) is 7.54. The molecule has 2 aliphatic rings. The first kappa shape index (κ1) is 22.8. The summed E-state index contributed by atoms with van der Waals surface area (Å²) in [5.41, 5.74) is 0.323. The van der Waals surface area contributed by atoms with E-state index in [9.17, 15) is 28.3 Å². The maximum Gasteiger partial charge on any atom is 0.352 e. The maximum atomic E-state index is 12.5. The van der Waals surface area contributed by atoms with Crippen molar-refractivity contribution in [1.29, 1.82) is 0 Å². The number of aliphatic hydroxyl groups excluding tert-OH is 1. The van der Waals surface area contributed by atoms with E-state index in [-0.39, 0.29) is 36.4 Å². The zero-order valence-electron chi connectivity index (χ0n) is 15.1. The van der Waals surface area contributed by atoms with Crippen LogP contribution in [0.3, 0.4) is 0 Å². The number of hydrogen-bond acceptors (Lipinski definition) is 10. The van der Waals surface area contributed by atoms with Crippen molar-refractivity contribution in [2.24, 2.45) is 0 Å². The number of aliphatic carboxylic acids is 1. The van der Waals surface area contributed by atoms with E-state index in [1.54, 1.807) is 0 Å². The predicted octanol–water partition coefficient (Wildman–Crippen LogP) is -0.548. The fourth-order valence-corrected chi connectivity index (χ4v) is 5.58. The Morgan fingerprint density at radius 1 is 1.40 bits per heavy atom. The molecule has 16 heteroatoms. The number of amides is 2. The second-order valence-corrected chi connectivity index (χ2v) is 9.01. The van der Waals surface area contributed by atoms with Crippen molar-refractivity contribution >= 4 is 53.1 Å². The Labute approximate surface area is 181 Å². The highest BCUT2D eigenvalue weighted by molar-refractivity contribution is 8.01. The molecule has 164 valence electrons. The summed E-state index contributed by atoms with van der Waals surface area (Å²) < 4.78 is 25.8. The number of fused-ring (bicyclic) bond motifs is 1. The summed E-state index contributed by atoms with van der Waals surface area (Å²) in [6, 6.07) is -0.957. The number of β-lactam (4-membered cyclic amide) rings is 1. The molecule has 0 aliphatic carbocycles. The van der Waals surface area contributed by atoms with Crippen LogP contribution in [-0.2, 0) is 20.9 Å². The zero-order chi connectivity index (χ0) is 21.8. The van der Waals surface area contributed by atoms with Crippen molar-refractivity contribution in [3.05, 3.63) is 11.3 Å². The summed E-state index contributed by atoms with van der Waals surface area (Å²) in [5, 5.41) is 31.9. The summed E-state index contributed by atoms with van der Waals surface area (Å²) in [6.07, 6.45) is 0. The molecule has 1 saturated heterocycles. The molecule has 1 fully saturated rings. The van der Waals surface area contributed by atoms with E-state index in [1.807, 2.05) is 0 Å². The standard InChI is InChI=1S/C14H16F2N6O5S3/c15-13(16)29-5-7(24)17-8-10(25)22-9(12(26)27)6(3-28-11(8)22)4-30-14-18-19-20-21(14)1-2-23/h8,11,13,23H,1-5H2,(H,17,24)(H,26,27)/t8-,11-/m1/s1. The van der Waals surface area contributed by atoms with Crippen molar-refractivity contribution in [2.75, 3.05) is 23.9 Å². The Balaban J connectivity index is 1.68. The quantitative estimate of drug-likeness (QED) is 0.291. The number of halogens is 2. The van der Waals surface area contributed by atoms with E-state index >= 15 is 0 Å². The number of nitrogens with zero attached hydrogens (tertiary/aromatic N) is 5. The molecule has 11 nitrogen and oxygen atoms in total. The number of nitrogens with one attached hydrogen (secondary N) is 1. The topological polar surface area (TPSA) is 151 Å². The zero-order valence-corrected chi connectivity index (χ0v) is 17.6. The number of hydrogen-bond donors (Lipinski definition) is 3. The van der Waals surface area contributed by atoms with E-state index in [4.69, 9.17) is 5.11 Å². The SMILES string of the molecule is O=C(CSC(F)F)N[C@@H]1C(=O)N2C(C(=O)O)=C(CSc3nnnn3CCO)CS[C@H]12. The minimum absolute atomic E-state index is 0.145. The number of carbonyl (C=O) groups is 3. The Morgan fingerprint density at radius 2 is 2.17 bits per heavy atom. The Hall–Kier alpha value is -1.91. The monoisotopic (exact) mass is 482 g/mol. The first-order valence-corrected chi connectivity index (χ1v) is 11.5. The smallest absolute Gasteiger partial charge is 0.352 e. The highest BCUT2D eigenvalue weighted by atomic mass is 32.2. The van der Waals surface area contributed by atoms with Gasteiger partial charge in [-0.1, -0.05) is 23.5 Å². The lowest BCUT2D eigenvalue weighted by Gasteiger charge is -2.49. The normalized spacial score (nSPS) is 20.9. The second-order valence-electron chi connectivity index (χ2n) is 5.98. The first-order chi connectivity index (χ1) is 14.3. The number of aliphatic hydroxyl groups is 1. The molecule has 0 radical (unpaired) electrons. The van der Waals surface area contributed by atoms with Gasteiger partial charge in [0.25, 0.3) is 11.7 Å². The van der Waals surface area contributed by atoms with Crippen molar-refractivity contribution in [3.63, 3.8) is 0 Å². The van der Waals surface area contributed by atoms with Gasteiger partial charge in [-0.2, -0.15) is 8.78 Å². The molecule has 2 atom stereocenters. The molecule has 0 bridgehead atoms. The van der Waals surface area contributed by atoms with Crippen LogP contribution in [0, 0.1) is 0 Å². The molecule has 3 rings (SSSR count). The Bertz CT molecular complexity index is 869. The molecule has 0 aromatic carbocycles. The molecule has 3 heterocycles. The minimum Gasteiger partial charge on any atom is -0.477 e. The fourth-order valence-electron chi connectivity index (χ4n) is 2.83. The molecular formula is C14H16F2N6O5S3. The number of carboxylic acids is 1. The molecule has 30 heavy (non-hydrogen) atoms. The maximum absolute atomic E-state index is 12.5. The molecule has 1 aromatic rings. The van der Waals surface area contributed by atoms with Crippen LogP contribution in [0.1, 0.15) is 0 Å². The van der Waals surface area contributed by atoms with Crippen LogP contribution in [-0.4, -0.2) is 94.1 Å².